The Labute approximate surface area is 122 Å². The van der Waals surface area contributed by atoms with Crippen molar-refractivity contribution in [1.29, 1.82) is 0 Å². The summed E-state index contributed by atoms with van der Waals surface area (Å²) in [6, 6.07) is 12.1. The summed E-state index contributed by atoms with van der Waals surface area (Å²) in [5.74, 6) is 2.48. The Morgan fingerprint density at radius 2 is 1.81 bits per heavy atom. The summed E-state index contributed by atoms with van der Waals surface area (Å²) >= 11 is 0. The summed E-state index contributed by atoms with van der Waals surface area (Å²) in [7, 11) is 0. The fourth-order valence-corrected chi connectivity index (χ4v) is 2.64. The number of aromatic nitrogens is 2. The van der Waals surface area contributed by atoms with Crippen molar-refractivity contribution >= 4 is 16.9 Å². The molecule has 0 atom stereocenters. The lowest BCUT2D eigenvalue weighted by atomic mass is 10.2. The molecular weight excluding hydrogens is 262 g/mol. The number of fused-ring (bicyclic) bond motifs is 1. The van der Waals surface area contributed by atoms with E-state index < -0.39 is 0 Å². The smallest absolute Gasteiger partial charge is 0.195 e. The first-order chi connectivity index (χ1) is 10.3. The van der Waals surface area contributed by atoms with Crippen molar-refractivity contribution in [3.63, 3.8) is 0 Å². The molecule has 2 aromatic heterocycles. The lowest BCUT2D eigenvalue weighted by Crippen LogP contribution is -2.20. The van der Waals surface area contributed by atoms with Gasteiger partial charge in [-0.15, -0.1) is 0 Å². The van der Waals surface area contributed by atoms with Crippen LogP contribution in [0.1, 0.15) is 5.82 Å². The molecule has 0 bridgehead atoms. The number of hydrogen-bond donors (Lipinski definition) is 0. The largest absolute Gasteiger partial charge is 0.450 e. The summed E-state index contributed by atoms with van der Waals surface area (Å²) < 4.78 is 6.06. The van der Waals surface area contributed by atoms with Gasteiger partial charge in [0.05, 0.1) is 0 Å². The van der Waals surface area contributed by atoms with Crippen molar-refractivity contribution in [2.75, 3.05) is 18.0 Å². The number of benzene rings is 1. The number of furan rings is 1. The van der Waals surface area contributed by atoms with Crippen LogP contribution in [0.2, 0.25) is 0 Å². The van der Waals surface area contributed by atoms with Crippen molar-refractivity contribution in [2.45, 2.75) is 6.92 Å². The van der Waals surface area contributed by atoms with Crippen LogP contribution < -0.4 is 4.90 Å². The standard InChI is InChI=1S/C17H15N3O/c1-12-18-14-11-15(13-7-3-2-4-8-13)21-16(14)17(19-12)20-9-5-6-10-20/h2-8,11H,9-10H2,1H3. The third kappa shape index (κ3) is 2.09. The average molecular weight is 277 g/mol. The molecule has 0 unspecified atom stereocenters. The summed E-state index contributed by atoms with van der Waals surface area (Å²) in [6.45, 7) is 3.65. The number of anilines is 1. The van der Waals surface area contributed by atoms with Gasteiger partial charge in [-0.2, -0.15) is 0 Å². The van der Waals surface area contributed by atoms with Crippen LogP contribution in [0.25, 0.3) is 22.4 Å². The lowest BCUT2D eigenvalue weighted by molar-refractivity contribution is 0.627. The topological polar surface area (TPSA) is 42.2 Å². The van der Waals surface area contributed by atoms with E-state index in [0.29, 0.717) is 0 Å². The Morgan fingerprint density at radius 1 is 1.05 bits per heavy atom. The van der Waals surface area contributed by atoms with Crippen LogP contribution in [-0.2, 0) is 0 Å². The van der Waals surface area contributed by atoms with Crippen LogP contribution in [0, 0.1) is 6.92 Å². The van der Waals surface area contributed by atoms with E-state index >= 15 is 0 Å². The highest BCUT2D eigenvalue weighted by Gasteiger charge is 2.18. The molecule has 0 saturated carbocycles. The van der Waals surface area contributed by atoms with Crippen molar-refractivity contribution in [3.05, 3.63) is 54.4 Å². The molecule has 3 aromatic rings. The lowest BCUT2D eigenvalue weighted by Gasteiger charge is -2.16. The maximum Gasteiger partial charge on any atom is 0.195 e. The van der Waals surface area contributed by atoms with E-state index in [4.69, 9.17) is 4.42 Å². The van der Waals surface area contributed by atoms with Gasteiger partial charge in [-0.05, 0) is 6.92 Å². The molecule has 0 saturated heterocycles. The van der Waals surface area contributed by atoms with Gasteiger partial charge in [-0.1, -0.05) is 42.5 Å². The minimum Gasteiger partial charge on any atom is -0.450 e. The predicted octanol–water partition coefficient (Wildman–Crippen LogP) is 3.57. The van der Waals surface area contributed by atoms with Crippen LogP contribution >= 0.6 is 0 Å². The van der Waals surface area contributed by atoms with Gasteiger partial charge in [-0.3, -0.25) is 0 Å². The zero-order chi connectivity index (χ0) is 14.2. The van der Waals surface area contributed by atoms with Crippen molar-refractivity contribution in [1.82, 2.24) is 9.97 Å². The molecule has 1 aromatic carbocycles. The van der Waals surface area contributed by atoms with E-state index in [-0.39, 0.29) is 0 Å². The first-order valence-corrected chi connectivity index (χ1v) is 7.05. The Kier molecular flexibility index (Phi) is 2.74. The Morgan fingerprint density at radius 3 is 2.57 bits per heavy atom. The van der Waals surface area contributed by atoms with E-state index in [1.165, 1.54) is 0 Å². The molecule has 4 nitrogen and oxygen atoms in total. The molecule has 0 amide bonds. The molecule has 0 fully saturated rings. The van der Waals surface area contributed by atoms with Crippen LogP contribution in [-0.4, -0.2) is 23.1 Å². The van der Waals surface area contributed by atoms with Gasteiger partial charge in [0.25, 0.3) is 0 Å². The van der Waals surface area contributed by atoms with Crippen LogP contribution in [0.3, 0.4) is 0 Å². The van der Waals surface area contributed by atoms with E-state index in [0.717, 1.165) is 47.2 Å². The van der Waals surface area contributed by atoms with Gasteiger partial charge in [0.15, 0.2) is 11.4 Å². The van der Waals surface area contributed by atoms with E-state index in [9.17, 15) is 0 Å². The first kappa shape index (κ1) is 12.1. The zero-order valence-corrected chi connectivity index (χ0v) is 11.8. The molecule has 3 heterocycles. The van der Waals surface area contributed by atoms with E-state index in [1.54, 1.807) is 0 Å². The zero-order valence-electron chi connectivity index (χ0n) is 11.8. The molecule has 0 spiro atoms. The highest BCUT2D eigenvalue weighted by Crippen LogP contribution is 2.32. The molecule has 4 rings (SSSR count). The maximum atomic E-state index is 6.06. The average Bonchev–Trinajstić information content (AvgIpc) is 3.16. The quantitative estimate of drug-likeness (QED) is 0.671. The Balaban J connectivity index is 1.88. The molecule has 0 aliphatic carbocycles. The molecule has 0 N–H and O–H groups in total. The Bertz CT molecular complexity index is 813. The summed E-state index contributed by atoms with van der Waals surface area (Å²) in [5, 5.41) is 0. The minimum absolute atomic E-state index is 0.767. The molecule has 21 heavy (non-hydrogen) atoms. The van der Waals surface area contributed by atoms with E-state index in [2.05, 4.69) is 27.0 Å². The number of rotatable bonds is 2. The van der Waals surface area contributed by atoms with Gasteiger partial charge >= 0.3 is 0 Å². The van der Waals surface area contributed by atoms with Crippen LogP contribution in [0.5, 0.6) is 0 Å². The van der Waals surface area contributed by atoms with Gasteiger partial charge < -0.3 is 9.32 Å². The highest BCUT2D eigenvalue weighted by molar-refractivity contribution is 5.88. The minimum atomic E-state index is 0.767. The summed E-state index contributed by atoms with van der Waals surface area (Å²) in [5.41, 5.74) is 2.69. The van der Waals surface area contributed by atoms with Crippen molar-refractivity contribution in [2.24, 2.45) is 0 Å². The molecule has 1 aliphatic heterocycles. The van der Waals surface area contributed by atoms with Crippen LogP contribution in [0.4, 0.5) is 5.82 Å². The summed E-state index contributed by atoms with van der Waals surface area (Å²) in [6.07, 6.45) is 4.29. The third-order valence-electron chi connectivity index (χ3n) is 3.64. The van der Waals surface area contributed by atoms with Crippen molar-refractivity contribution < 1.29 is 4.42 Å². The van der Waals surface area contributed by atoms with Gasteiger partial charge in [0.1, 0.15) is 17.1 Å². The van der Waals surface area contributed by atoms with Gasteiger partial charge in [0.2, 0.25) is 0 Å². The predicted molar refractivity (Wildman–Crippen MR) is 83.3 cm³/mol. The SMILES string of the molecule is Cc1nc(N2CC=CC2)c2oc(-c3ccccc3)cc2n1. The highest BCUT2D eigenvalue weighted by atomic mass is 16.3. The van der Waals surface area contributed by atoms with Crippen LogP contribution in [0.15, 0.2) is 53.0 Å². The maximum absolute atomic E-state index is 6.06. The molecule has 0 radical (unpaired) electrons. The summed E-state index contributed by atoms with van der Waals surface area (Å²) in [4.78, 5) is 11.3. The number of aryl methyl sites for hydroxylation is 1. The fourth-order valence-electron chi connectivity index (χ4n) is 2.64. The second kappa shape index (κ2) is 4.74. The van der Waals surface area contributed by atoms with Crippen molar-refractivity contribution in [3.8, 4) is 11.3 Å². The number of nitrogens with zero attached hydrogens (tertiary/aromatic N) is 3. The normalized spacial score (nSPS) is 14.2. The second-order valence-electron chi connectivity index (χ2n) is 5.16. The third-order valence-corrected chi connectivity index (χ3v) is 3.64. The Hall–Kier alpha value is -2.62. The van der Waals surface area contributed by atoms with Gasteiger partial charge in [0, 0.05) is 24.7 Å². The molecule has 1 aliphatic rings. The number of hydrogen-bond acceptors (Lipinski definition) is 4. The fraction of sp³-hybridized carbons (Fsp3) is 0.176. The molecule has 4 heteroatoms. The van der Waals surface area contributed by atoms with Gasteiger partial charge in [-0.25, -0.2) is 9.97 Å². The molecule has 104 valence electrons. The molecular formula is C17H15N3O. The van der Waals surface area contributed by atoms with E-state index in [1.807, 2.05) is 43.3 Å². The first-order valence-electron chi connectivity index (χ1n) is 7.05. The second-order valence-corrected chi connectivity index (χ2v) is 5.16. The monoisotopic (exact) mass is 277 g/mol.